The van der Waals surface area contributed by atoms with Gasteiger partial charge in [-0.25, -0.2) is 0 Å². The highest BCUT2D eigenvalue weighted by Gasteiger charge is 2.41. The largest absolute Gasteiger partial charge is 0.373 e. The molecule has 2 heterocycles. The minimum absolute atomic E-state index is 0.00901. The minimum atomic E-state index is -0.581. The number of rotatable bonds is 3. The minimum Gasteiger partial charge on any atom is -0.373 e. The number of amides is 1. The first-order chi connectivity index (χ1) is 9.54. The first-order valence-corrected chi connectivity index (χ1v) is 6.82. The molecule has 2 saturated heterocycles. The van der Waals surface area contributed by atoms with Crippen molar-refractivity contribution in [2.45, 2.75) is 37.5 Å². The number of fused-ring (bicyclic) bond motifs is 2. The predicted molar refractivity (Wildman–Crippen MR) is 71.9 cm³/mol. The molecule has 1 aromatic rings. The van der Waals surface area contributed by atoms with Crippen molar-refractivity contribution in [1.82, 2.24) is 5.32 Å². The van der Waals surface area contributed by atoms with Gasteiger partial charge in [-0.1, -0.05) is 11.6 Å². The summed E-state index contributed by atoms with van der Waals surface area (Å²) in [5.74, 6) is -0.472. The molecule has 3 atom stereocenters. The molecule has 1 aromatic carbocycles. The summed E-state index contributed by atoms with van der Waals surface area (Å²) in [6.45, 7) is 0. The summed E-state index contributed by atoms with van der Waals surface area (Å²) < 4.78 is 5.65. The third kappa shape index (κ3) is 2.36. The molecule has 3 rings (SSSR count). The third-order valence-electron chi connectivity index (χ3n) is 3.82. The van der Waals surface area contributed by atoms with E-state index in [9.17, 15) is 14.9 Å². The van der Waals surface area contributed by atoms with E-state index in [2.05, 4.69) is 5.32 Å². The Morgan fingerprint density at radius 3 is 2.85 bits per heavy atom. The van der Waals surface area contributed by atoms with Gasteiger partial charge in [0.15, 0.2) is 0 Å². The normalized spacial score (nSPS) is 27.6. The molecule has 20 heavy (non-hydrogen) atoms. The average molecular weight is 297 g/mol. The van der Waals surface area contributed by atoms with E-state index in [0.29, 0.717) is 5.02 Å². The maximum absolute atomic E-state index is 12.2. The molecule has 7 heteroatoms. The highest BCUT2D eigenvalue weighted by molar-refractivity contribution is 6.31. The maximum atomic E-state index is 12.2. The second kappa shape index (κ2) is 5.03. The number of benzene rings is 1. The van der Waals surface area contributed by atoms with E-state index < -0.39 is 10.8 Å². The number of halogens is 1. The molecule has 2 aliphatic heterocycles. The summed E-state index contributed by atoms with van der Waals surface area (Å²) in [5.41, 5.74) is -0.249. The van der Waals surface area contributed by atoms with Crippen LogP contribution >= 0.6 is 11.6 Å². The number of carbonyl (C=O) groups is 1. The Kier molecular flexibility index (Phi) is 3.35. The van der Waals surface area contributed by atoms with E-state index in [-0.39, 0.29) is 29.5 Å². The van der Waals surface area contributed by atoms with Crippen LogP contribution in [0.2, 0.25) is 5.02 Å². The van der Waals surface area contributed by atoms with E-state index >= 15 is 0 Å². The predicted octanol–water partition coefficient (Wildman–Crippen LogP) is 2.30. The van der Waals surface area contributed by atoms with Crippen molar-refractivity contribution in [2.75, 3.05) is 0 Å². The van der Waals surface area contributed by atoms with Crippen molar-refractivity contribution in [2.24, 2.45) is 0 Å². The van der Waals surface area contributed by atoms with Crippen LogP contribution in [0, 0.1) is 10.1 Å². The molecule has 2 bridgehead atoms. The molecular formula is C13H13ClN2O4. The molecule has 3 unspecified atom stereocenters. The standard InChI is InChI=1S/C13H13ClN2O4/c14-7-1-3-11(16(18)19)9(5-7)13(17)15-10-6-8-2-4-12(10)20-8/h1,3,5,8,10,12H,2,4,6H2,(H,15,17). The zero-order chi connectivity index (χ0) is 14.3. The van der Waals surface area contributed by atoms with Crippen molar-refractivity contribution in [1.29, 1.82) is 0 Å². The van der Waals surface area contributed by atoms with Gasteiger partial charge in [-0.15, -0.1) is 0 Å². The topological polar surface area (TPSA) is 81.5 Å². The molecule has 1 N–H and O–H groups in total. The van der Waals surface area contributed by atoms with Gasteiger partial charge >= 0.3 is 0 Å². The second-order valence-electron chi connectivity index (χ2n) is 5.11. The first-order valence-electron chi connectivity index (χ1n) is 6.45. The number of nitro benzene ring substituents is 1. The zero-order valence-electron chi connectivity index (χ0n) is 10.5. The van der Waals surface area contributed by atoms with Crippen molar-refractivity contribution in [3.8, 4) is 0 Å². The van der Waals surface area contributed by atoms with Gasteiger partial charge in [-0.2, -0.15) is 0 Å². The van der Waals surface area contributed by atoms with Gasteiger partial charge < -0.3 is 10.1 Å². The molecule has 0 saturated carbocycles. The molecule has 6 nitrogen and oxygen atoms in total. The number of nitrogens with zero attached hydrogens (tertiary/aromatic N) is 1. The van der Waals surface area contributed by atoms with E-state index in [1.165, 1.54) is 18.2 Å². The van der Waals surface area contributed by atoms with Crippen LogP contribution in [0.5, 0.6) is 0 Å². The summed E-state index contributed by atoms with van der Waals surface area (Å²) in [4.78, 5) is 22.6. The Morgan fingerprint density at radius 2 is 2.25 bits per heavy atom. The summed E-state index contributed by atoms with van der Waals surface area (Å²) in [6, 6.07) is 3.90. The lowest BCUT2D eigenvalue weighted by atomic mass is 9.95. The Bertz CT molecular complexity index is 577. The molecule has 1 amide bonds. The monoisotopic (exact) mass is 296 g/mol. The van der Waals surface area contributed by atoms with Crippen LogP contribution < -0.4 is 5.32 Å². The van der Waals surface area contributed by atoms with Crippen molar-refractivity contribution in [3.05, 3.63) is 38.9 Å². The number of ether oxygens (including phenoxy) is 1. The van der Waals surface area contributed by atoms with Gasteiger partial charge in [-0.05, 0) is 31.4 Å². The Labute approximate surface area is 120 Å². The molecule has 0 spiro atoms. The van der Waals surface area contributed by atoms with Crippen LogP contribution in [0.3, 0.4) is 0 Å². The van der Waals surface area contributed by atoms with Crippen LogP contribution in [0.1, 0.15) is 29.6 Å². The lowest BCUT2D eigenvalue weighted by molar-refractivity contribution is -0.385. The number of hydrogen-bond donors (Lipinski definition) is 1. The quantitative estimate of drug-likeness (QED) is 0.685. The molecule has 0 aliphatic carbocycles. The van der Waals surface area contributed by atoms with E-state index in [0.717, 1.165) is 19.3 Å². The van der Waals surface area contributed by atoms with Crippen LogP contribution in [0.25, 0.3) is 0 Å². The second-order valence-corrected chi connectivity index (χ2v) is 5.54. The third-order valence-corrected chi connectivity index (χ3v) is 4.06. The Morgan fingerprint density at radius 1 is 1.45 bits per heavy atom. The highest BCUT2D eigenvalue weighted by Crippen LogP contribution is 2.34. The van der Waals surface area contributed by atoms with Gasteiger partial charge in [0, 0.05) is 11.1 Å². The average Bonchev–Trinajstić information content (AvgIpc) is 3.00. The molecule has 2 aliphatic rings. The van der Waals surface area contributed by atoms with Gasteiger partial charge in [-0.3, -0.25) is 14.9 Å². The van der Waals surface area contributed by atoms with Crippen molar-refractivity contribution < 1.29 is 14.5 Å². The fraction of sp³-hybridized carbons (Fsp3) is 0.462. The van der Waals surface area contributed by atoms with Gasteiger partial charge in [0.05, 0.1) is 23.2 Å². The smallest absolute Gasteiger partial charge is 0.282 e. The Balaban J connectivity index is 1.80. The fourth-order valence-corrected chi connectivity index (χ4v) is 3.06. The van der Waals surface area contributed by atoms with Crippen LogP contribution in [0.15, 0.2) is 18.2 Å². The first kappa shape index (κ1) is 13.3. The zero-order valence-corrected chi connectivity index (χ0v) is 11.3. The van der Waals surface area contributed by atoms with Crippen LogP contribution in [-0.4, -0.2) is 29.1 Å². The lowest BCUT2D eigenvalue weighted by Gasteiger charge is -2.20. The maximum Gasteiger partial charge on any atom is 0.282 e. The number of carbonyl (C=O) groups excluding carboxylic acids is 1. The SMILES string of the molecule is O=C(NC1CC2CCC1O2)c1cc(Cl)ccc1[N+](=O)[O-]. The van der Waals surface area contributed by atoms with E-state index in [4.69, 9.17) is 16.3 Å². The summed E-state index contributed by atoms with van der Waals surface area (Å²) >= 11 is 5.82. The Hall–Kier alpha value is -1.66. The van der Waals surface area contributed by atoms with E-state index in [1.54, 1.807) is 0 Å². The number of hydrogen-bond acceptors (Lipinski definition) is 4. The van der Waals surface area contributed by atoms with E-state index in [1.807, 2.05) is 0 Å². The molecule has 106 valence electrons. The molecular weight excluding hydrogens is 284 g/mol. The van der Waals surface area contributed by atoms with Gasteiger partial charge in [0.1, 0.15) is 5.56 Å². The molecule has 0 aromatic heterocycles. The fourth-order valence-electron chi connectivity index (χ4n) is 2.89. The van der Waals surface area contributed by atoms with Crippen LogP contribution in [-0.2, 0) is 4.74 Å². The molecule has 2 fully saturated rings. The summed E-state index contributed by atoms with van der Waals surface area (Å²) in [6.07, 6.45) is 2.95. The van der Waals surface area contributed by atoms with Crippen molar-refractivity contribution >= 4 is 23.2 Å². The number of nitrogens with one attached hydrogen (secondary N) is 1. The number of nitro groups is 1. The summed E-state index contributed by atoms with van der Waals surface area (Å²) in [5, 5.41) is 14.1. The highest BCUT2D eigenvalue weighted by atomic mass is 35.5. The van der Waals surface area contributed by atoms with Crippen LogP contribution in [0.4, 0.5) is 5.69 Å². The van der Waals surface area contributed by atoms with Gasteiger partial charge in [0.25, 0.3) is 11.6 Å². The van der Waals surface area contributed by atoms with Gasteiger partial charge in [0.2, 0.25) is 0 Å². The summed E-state index contributed by atoms with van der Waals surface area (Å²) in [7, 11) is 0. The van der Waals surface area contributed by atoms with Crippen molar-refractivity contribution in [3.63, 3.8) is 0 Å². The molecule has 0 radical (unpaired) electrons. The lowest BCUT2D eigenvalue weighted by Crippen LogP contribution is -2.41.